The van der Waals surface area contributed by atoms with Gasteiger partial charge in [-0.1, -0.05) is 37.6 Å². The van der Waals surface area contributed by atoms with Crippen molar-refractivity contribution in [2.24, 2.45) is 5.92 Å². The SMILES string of the molecule is C=CCn1c(SCC(=O)N[C@@H]2CCCC[C@@H]2C)nc2ncccc2c1=O. The molecule has 2 aromatic rings. The summed E-state index contributed by atoms with van der Waals surface area (Å²) >= 11 is 1.27. The Hall–Kier alpha value is -2.15. The molecule has 7 heteroatoms. The van der Waals surface area contributed by atoms with E-state index >= 15 is 0 Å². The van der Waals surface area contributed by atoms with E-state index in [0.29, 0.717) is 28.7 Å². The second-order valence-corrected chi connectivity index (χ2v) is 7.64. The van der Waals surface area contributed by atoms with Gasteiger partial charge in [-0.25, -0.2) is 9.97 Å². The first-order valence-corrected chi connectivity index (χ1v) is 9.97. The third kappa shape index (κ3) is 4.15. The van der Waals surface area contributed by atoms with Gasteiger partial charge in [0.1, 0.15) is 0 Å². The van der Waals surface area contributed by atoms with E-state index in [1.165, 1.54) is 29.2 Å². The first-order valence-electron chi connectivity index (χ1n) is 8.98. The molecule has 2 aromatic heterocycles. The fourth-order valence-electron chi connectivity index (χ4n) is 3.35. The van der Waals surface area contributed by atoms with Crippen LogP contribution in [0.25, 0.3) is 11.0 Å². The van der Waals surface area contributed by atoms with Gasteiger partial charge in [-0.3, -0.25) is 14.2 Å². The first kappa shape index (κ1) is 18.6. The van der Waals surface area contributed by atoms with Crippen molar-refractivity contribution in [3.8, 4) is 0 Å². The van der Waals surface area contributed by atoms with Crippen LogP contribution in [0.1, 0.15) is 32.6 Å². The van der Waals surface area contributed by atoms with Crippen molar-refractivity contribution in [2.45, 2.75) is 50.4 Å². The number of allylic oxidation sites excluding steroid dienone is 1. The fraction of sp³-hybridized carbons (Fsp3) is 0.474. The van der Waals surface area contributed by atoms with Gasteiger partial charge >= 0.3 is 0 Å². The van der Waals surface area contributed by atoms with Crippen molar-refractivity contribution in [1.82, 2.24) is 19.9 Å². The zero-order valence-electron chi connectivity index (χ0n) is 15.0. The molecule has 1 aliphatic carbocycles. The standard InChI is InChI=1S/C19H24N4O2S/c1-3-11-23-18(25)14-8-6-10-20-17(14)22-19(23)26-12-16(24)21-15-9-5-4-7-13(15)2/h3,6,8,10,13,15H,1,4-5,7,9,11-12H2,2H3,(H,21,24)/t13-,15+/m0/s1. The number of nitrogens with zero attached hydrogens (tertiary/aromatic N) is 3. The van der Waals surface area contributed by atoms with Crippen LogP contribution in [0.15, 0.2) is 40.9 Å². The molecule has 0 aliphatic heterocycles. The van der Waals surface area contributed by atoms with Crippen molar-refractivity contribution in [3.63, 3.8) is 0 Å². The summed E-state index contributed by atoms with van der Waals surface area (Å²) in [5.41, 5.74) is 0.244. The third-order valence-corrected chi connectivity index (χ3v) is 5.77. The minimum atomic E-state index is -0.160. The van der Waals surface area contributed by atoms with Crippen molar-refractivity contribution < 1.29 is 4.79 Å². The molecular formula is C19H24N4O2S. The summed E-state index contributed by atoms with van der Waals surface area (Å²) in [6.45, 7) is 6.25. The van der Waals surface area contributed by atoms with Gasteiger partial charge in [0.15, 0.2) is 10.8 Å². The average molecular weight is 372 g/mol. The molecule has 2 heterocycles. The highest BCUT2D eigenvalue weighted by molar-refractivity contribution is 7.99. The van der Waals surface area contributed by atoms with Crippen molar-refractivity contribution in [3.05, 3.63) is 41.3 Å². The molecule has 0 radical (unpaired) electrons. The van der Waals surface area contributed by atoms with E-state index in [-0.39, 0.29) is 23.3 Å². The quantitative estimate of drug-likeness (QED) is 0.479. The Kier molecular flexibility index (Phi) is 6.08. The molecule has 0 spiro atoms. The number of nitrogens with one attached hydrogen (secondary N) is 1. The molecule has 1 fully saturated rings. The summed E-state index contributed by atoms with van der Waals surface area (Å²) in [7, 11) is 0. The van der Waals surface area contributed by atoms with Gasteiger partial charge in [0.25, 0.3) is 5.56 Å². The Morgan fingerprint density at radius 1 is 1.46 bits per heavy atom. The third-order valence-electron chi connectivity index (χ3n) is 4.80. The molecule has 6 nitrogen and oxygen atoms in total. The van der Waals surface area contributed by atoms with Crippen LogP contribution >= 0.6 is 11.8 Å². The normalized spacial score (nSPS) is 20.0. The highest BCUT2D eigenvalue weighted by atomic mass is 32.2. The zero-order valence-corrected chi connectivity index (χ0v) is 15.8. The molecule has 1 N–H and O–H groups in total. The number of pyridine rings is 1. The molecule has 2 atom stereocenters. The molecular weight excluding hydrogens is 348 g/mol. The van der Waals surface area contributed by atoms with E-state index < -0.39 is 0 Å². The number of hydrogen-bond acceptors (Lipinski definition) is 5. The number of amides is 1. The number of thioether (sulfide) groups is 1. The average Bonchev–Trinajstić information content (AvgIpc) is 2.64. The van der Waals surface area contributed by atoms with Crippen LogP contribution in [0.3, 0.4) is 0 Å². The lowest BCUT2D eigenvalue weighted by Gasteiger charge is -2.29. The van der Waals surface area contributed by atoms with Gasteiger partial charge in [0, 0.05) is 18.8 Å². The molecule has 0 aromatic carbocycles. The largest absolute Gasteiger partial charge is 0.352 e. The van der Waals surface area contributed by atoms with E-state index in [2.05, 4.69) is 28.8 Å². The van der Waals surface area contributed by atoms with Crippen molar-refractivity contribution >= 4 is 28.7 Å². The Morgan fingerprint density at radius 2 is 2.27 bits per heavy atom. The Morgan fingerprint density at radius 3 is 3.04 bits per heavy atom. The lowest BCUT2D eigenvalue weighted by atomic mass is 9.86. The monoisotopic (exact) mass is 372 g/mol. The van der Waals surface area contributed by atoms with Crippen LogP contribution in [0.4, 0.5) is 0 Å². The molecule has 0 saturated heterocycles. The van der Waals surface area contributed by atoms with Gasteiger partial charge in [-0.2, -0.15) is 0 Å². The highest BCUT2D eigenvalue weighted by Crippen LogP contribution is 2.24. The van der Waals surface area contributed by atoms with E-state index in [1.54, 1.807) is 24.4 Å². The summed E-state index contributed by atoms with van der Waals surface area (Å²) in [5.74, 6) is 0.722. The smallest absolute Gasteiger partial charge is 0.263 e. The first-order chi connectivity index (χ1) is 12.6. The molecule has 0 unspecified atom stereocenters. The lowest BCUT2D eigenvalue weighted by Crippen LogP contribution is -2.41. The minimum Gasteiger partial charge on any atom is -0.352 e. The van der Waals surface area contributed by atoms with Gasteiger partial charge in [-0.05, 0) is 30.9 Å². The Bertz CT molecular complexity index is 864. The summed E-state index contributed by atoms with van der Waals surface area (Å²) in [5, 5.41) is 4.10. The van der Waals surface area contributed by atoms with Gasteiger partial charge in [0.2, 0.25) is 5.91 Å². The maximum absolute atomic E-state index is 12.7. The lowest BCUT2D eigenvalue weighted by molar-refractivity contribution is -0.119. The number of carbonyl (C=O) groups excluding carboxylic acids is 1. The van der Waals surface area contributed by atoms with Crippen LogP contribution in [0.2, 0.25) is 0 Å². The molecule has 138 valence electrons. The summed E-state index contributed by atoms with van der Waals surface area (Å²) in [4.78, 5) is 33.7. The fourth-order valence-corrected chi connectivity index (χ4v) is 4.15. The van der Waals surface area contributed by atoms with E-state index in [1.807, 2.05) is 0 Å². The highest BCUT2D eigenvalue weighted by Gasteiger charge is 2.23. The number of rotatable bonds is 6. The molecule has 0 bridgehead atoms. The van der Waals surface area contributed by atoms with Crippen LogP contribution in [0.5, 0.6) is 0 Å². The predicted molar refractivity (Wildman–Crippen MR) is 104 cm³/mol. The second kappa shape index (κ2) is 8.49. The Labute approximate surface area is 157 Å². The Balaban J connectivity index is 1.75. The predicted octanol–water partition coefficient (Wildman–Crippen LogP) is 2.76. The van der Waals surface area contributed by atoms with Crippen LogP contribution in [0, 0.1) is 5.92 Å². The van der Waals surface area contributed by atoms with Crippen LogP contribution in [-0.2, 0) is 11.3 Å². The van der Waals surface area contributed by atoms with Gasteiger partial charge in [-0.15, -0.1) is 6.58 Å². The number of fused-ring (bicyclic) bond motifs is 1. The maximum Gasteiger partial charge on any atom is 0.263 e. The summed E-state index contributed by atoms with van der Waals surface area (Å²) in [6, 6.07) is 3.68. The van der Waals surface area contributed by atoms with Crippen LogP contribution < -0.4 is 10.9 Å². The van der Waals surface area contributed by atoms with Crippen LogP contribution in [-0.4, -0.2) is 32.2 Å². The molecule has 3 rings (SSSR count). The maximum atomic E-state index is 12.7. The number of carbonyl (C=O) groups is 1. The van der Waals surface area contributed by atoms with Gasteiger partial charge < -0.3 is 5.32 Å². The summed E-state index contributed by atoms with van der Waals surface area (Å²) < 4.78 is 1.54. The molecule has 26 heavy (non-hydrogen) atoms. The topological polar surface area (TPSA) is 76.9 Å². The molecule has 1 aliphatic rings. The zero-order chi connectivity index (χ0) is 18.5. The van der Waals surface area contributed by atoms with E-state index in [4.69, 9.17) is 0 Å². The number of aromatic nitrogens is 3. The van der Waals surface area contributed by atoms with Crippen molar-refractivity contribution in [2.75, 3.05) is 5.75 Å². The minimum absolute atomic E-state index is 0.0192. The summed E-state index contributed by atoms with van der Waals surface area (Å²) in [6.07, 6.45) is 7.87. The van der Waals surface area contributed by atoms with E-state index in [9.17, 15) is 9.59 Å². The van der Waals surface area contributed by atoms with Crippen molar-refractivity contribution in [1.29, 1.82) is 0 Å². The van der Waals surface area contributed by atoms with E-state index in [0.717, 1.165) is 12.8 Å². The number of hydrogen-bond donors (Lipinski definition) is 1. The second-order valence-electron chi connectivity index (χ2n) is 6.70. The van der Waals surface area contributed by atoms with Gasteiger partial charge in [0.05, 0.1) is 11.1 Å². The molecule has 1 saturated carbocycles. The molecule has 1 amide bonds.